The number of quaternary nitrogens is 1. The van der Waals surface area contributed by atoms with Crippen molar-refractivity contribution >= 4 is 35.1 Å². The minimum absolute atomic E-state index is 0.0761. The maximum Gasteiger partial charge on any atom is 0.329 e. The summed E-state index contributed by atoms with van der Waals surface area (Å²) in [5.41, 5.74) is 0.201. The summed E-state index contributed by atoms with van der Waals surface area (Å²) in [5.74, 6) is -0.561. The van der Waals surface area contributed by atoms with Crippen molar-refractivity contribution in [2.75, 3.05) is 25.6 Å². The van der Waals surface area contributed by atoms with Gasteiger partial charge in [-0.25, -0.2) is 9.69 Å². The molecule has 7 nitrogen and oxygen atoms in total. The van der Waals surface area contributed by atoms with Crippen LogP contribution >= 0.6 is 11.6 Å². The highest BCUT2D eigenvalue weighted by molar-refractivity contribution is 6.33. The van der Waals surface area contributed by atoms with Crippen LogP contribution in [0.15, 0.2) is 54.6 Å². The maximum absolute atomic E-state index is 13.1. The molecule has 4 amide bonds. The predicted molar refractivity (Wildman–Crippen MR) is 110 cm³/mol. The highest BCUT2D eigenvalue weighted by Crippen LogP contribution is 2.31. The van der Waals surface area contributed by atoms with E-state index in [0.717, 1.165) is 5.56 Å². The average Bonchev–Trinajstić information content (AvgIpc) is 2.95. The number of imide groups is 1. The third-order valence-corrected chi connectivity index (χ3v) is 5.34. The Bertz CT molecular complexity index is 921. The molecule has 1 heterocycles. The summed E-state index contributed by atoms with van der Waals surface area (Å²) in [6.45, 7) is 2.02. The topological polar surface area (TPSA) is 82.9 Å². The van der Waals surface area contributed by atoms with Crippen LogP contribution in [0.25, 0.3) is 0 Å². The van der Waals surface area contributed by atoms with Gasteiger partial charge in [-0.1, -0.05) is 61.0 Å². The van der Waals surface area contributed by atoms with E-state index in [1.165, 1.54) is 4.90 Å². The van der Waals surface area contributed by atoms with Gasteiger partial charge in [0.2, 0.25) is 0 Å². The third-order valence-electron chi connectivity index (χ3n) is 5.01. The molecule has 2 aromatic carbocycles. The Morgan fingerprint density at radius 3 is 2.45 bits per heavy atom. The summed E-state index contributed by atoms with van der Waals surface area (Å²) in [4.78, 5) is 39.9. The van der Waals surface area contributed by atoms with Crippen LogP contribution < -0.4 is 15.5 Å². The summed E-state index contributed by atoms with van der Waals surface area (Å²) in [7, 11) is 1.75. The number of amides is 4. The third kappa shape index (κ3) is 4.26. The number of halogens is 1. The van der Waals surface area contributed by atoms with Gasteiger partial charge >= 0.3 is 6.03 Å². The lowest BCUT2D eigenvalue weighted by atomic mass is 9.87. The van der Waals surface area contributed by atoms with Crippen LogP contribution in [-0.2, 0) is 15.1 Å². The molecule has 152 valence electrons. The second-order valence-electron chi connectivity index (χ2n) is 7.11. The molecule has 0 aliphatic carbocycles. The Morgan fingerprint density at radius 2 is 1.79 bits per heavy atom. The number of likely N-dealkylation sites (N-methyl/N-ethyl adjacent to an activating group) is 1. The van der Waals surface area contributed by atoms with Gasteiger partial charge in [-0.05, 0) is 24.1 Å². The van der Waals surface area contributed by atoms with Crippen molar-refractivity contribution in [2.24, 2.45) is 0 Å². The van der Waals surface area contributed by atoms with E-state index in [0.29, 0.717) is 22.0 Å². The van der Waals surface area contributed by atoms with Gasteiger partial charge in [0, 0.05) is 0 Å². The summed E-state index contributed by atoms with van der Waals surface area (Å²) in [6, 6.07) is 15.7. The first-order valence-electron chi connectivity index (χ1n) is 9.42. The minimum Gasteiger partial charge on any atom is -0.320 e. The zero-order valence-electron chi connectivity index (χ0n) is 16.4. The Morgan fingerprint density at radius 1 is 1.14 bits per heavy atom. The lowest BCUT2D eigenvalue weighted by Gasteiger charge is -2.26. The van der Waals surface area contributed by atoms with E-state index >= 15 is 0 Å². The van der Waals surface area contributed by atoms with E-state index in [1.54, 1.807) is 31.3 Å². The lowest BCUT2D eigenvalue weighted by Crippen LogP contribution is -3.11. The molecule has 1 aliphatic rings. The summed E-state index contributed by atoms with van der Waals surface area (Å²) in [5, 5.41) is 6.04. The smallest absolute Gasteiger partial charge is 0.320 e. The highest BCUT2D eigenvalue weighted by Gasteiger charge is 2.52. The average molecular weight is 416 g/mol. The quantitative estimate of drug-likeness (QED) is 0.601. The summed E-state index contributed by atoms with van der Waals surface area (Å²) in [6.07, 6.45) is 0.435. The fourth-order valence-corrected chi connectivity index (χ4v) is 3.67. The number of benzene rings is 2. The van der Waals surface area contributed by atoms with Crippen LogP contribution in [0.4, 0.5) is 10.5 Å². The number of urea groups is 1. The molecule has 1 fully saturated rings. The molecule has 2 aromatic rings. The molecule has 3 N–H and O–H groups in total. The van der Waals surface area contributed by atoms with Crippen LogP contribution in [0.2, 0.25) is 5.02 Å². The van der Waals surface area contributed by atoms with Crippen LogP contribution in [0.3, 0.4) is 0 Å². The second-order valence-corrected chi connectivity index (χ2v) is 7.52. The van der Waals surface area contributed by atoms with Crippen molar-refractivity contribution in [2.45, 2.75) is 18.9 Å². The Hall–Kier alpha value is -2.90. The van der Waals surface area contributed by atoms with E-state index in [9.17, 15) is 14.4 Å². The van der Waals surface area contributed by atoms with Gasteiger partial charge in [0.05, 0.1) is 17.8 Å². The van der Waals surface area contributed by atoms with Crippen molar-refractivity contribution in [3.8, 4) is 0 Å². The van der Waals surface area contributed by atoms with Crippen molar-refractivity contribution in [1.29, 1.82) is 0 Å². The van der Waals surface area contributed by atoms with Crippen LogP contribution in [-0.4, -0.2) is 43.0 Å². The van der Waals surface area contributed by atoms with E-state index < -0.39 is 11.6 Å². The fraction of sp³-hybridized carbons (Fsp3) is 0.286. The monoisotopic (exact) mass is 415 g/mol. The SMILES string of the molecule is CC[C@@]1(c2ccccc2)NC(=O)N(C[NH+](C)CC(=O)Nc2ccccc2Cl)C1=O. The Kier molecular flexibility index (Phi) is 6.20. The largest absolute Gasteiger partial charge is 0.329 e. The molecule has 8 heteroatoms. The number of carbonyl (C=O) groups excluding carboxylic acids is 3. The number of carbonyl (C=O) groups is 3. The van der Waals surface area contributed by atoms with Gasteiger partial charge in [-0.2, -0.15) is 0 Å². The number of anilines is 1. The van der Waals surface area contributed by atoms with E-state index in [4.69, 9.17) is 11.6 Å². The van der Waals surface area contributed by atoms with E-state index in [2.05, 4.69) is 10.6 Å². The molecule has 1 unspecified atom stereocenters. The lowest BCUT2D eigenvalue weighted by molar-refractivity contribution is -0.878. The molecule has 3 rings (SSSR count). The van der Waals surface area contributed by atoms with E-state index in [1.807, 2.05) is 37.3 Å². The van der Waals surface area contributed by atoms with E-state index in [-0.39, 0.29) is 25.0 Å². The molecular weight excluding hydrogens is 392 g/mol. The normalized spacial score (nSPS) is 19.8. The molecule has 1 aliphatic heterocycles. The molecule has 0 radical (unpaired) electrons. The minimum atomic E-state index is -1.07. The van der Waals surface area contributed by atoms with Crippen LogP contribution in [0, 0.1) is 0 Å². The number of nitrogens with zero attached hydrogens (tertiary/aromatic N) is 1. The Labute approximate surface area is 174 Å². The summed E-state index contributed by atoms with van der Waals surface area (Å²) < 4.78 is 0. The first-order chi connectivity index (χ1) is 13.9. The molecule has 0 bridgehead atoms. The molecule has 0 spiro atoms. The van der Waals surface area contributed by atoms with Gasteiger partial charge in [0.25, 0.3) is 11.8 Å². The zero-order valence-corrected chi connectivity index (χ0v) is 17.1. The zero-order chi connectivity index (χ0) is 21.0. The second kappa shape index (κ2) is 8.63. The first-order valence-corrected chi connectivity index (χ1v) is 9.80. The van der Waals surface area contributed by atoms with Crippen molar-refractivity contribution in [3.63, 3.8) is 0 Å². The molecule has 1 saturated heterocycles. The summed E-state index contributed by atoms with van der Waals surface area (Å²) >= 11 is 6.06. The van der Waals surface area contributed by atoms with Crippen molar-refractivity contribution < 1.29 is 19.3 Å². The van der Waals surface area contributed by atoms with Gasteiger partial charge in [0.15, 0.2) is 13.2 Å². The predicted octanol–water partition coefficient (Wildman–Crippen LogP) is 1.61. The van der Waals surface area contributed by atoms with Gasteiger partial charge < -0.3 is 15.5 Å². The van der Waals surface area contributed by atoms with Crippen molar-refractivity contribution in [1.82, 2.24) is 10.2 Å². The van der Waals surface area contributed by atoms with Crippen LogP contribution in [0.1, 0.15) is 18.9 Å². The number of rotatable bonds is 7. The molecule has 0 saturated carbocycles. The Balaban J connectivity index is 1.66. The van der Waals surface area contributed by atoms with Crippen molar-refractivity contribution in [3.05, 3.63) is 65.2 Å². The molecular formula is C21H24ClN4O3+. The molecule has 2 atom stereocenters. The highest BCUT2D eigenvalue weighted by atomic mass is 35.5. The van der Waals surface area contributed by atoms with Gasteiger partial charge in [-0.3, -0.25) is 9.59 Å². The maximum atomic E-state index is 13.1. The molecule has 29 heavy (non-hydrogen) atoms. The first kappa shape index (κ1) is 20.8. The van der Waals surface area contributed by atoms with Gasteiger partial charge in [-0.15, -0.1) is 0 Å². The number of para-hydroxylation sites is 1. The number of nitrogens with one attached hydrogen (secondary N) is 3. The standard InChI is InChI=1S/C21H23ClN4O3/c1-3-21(15-9-5-4-6-10-15)19(28)26(20(29)24-21)14-25(2)13-18(27)23-17-12-8-7-11-16(17)22/h4-12H,3,13-14H2,1-2H3,(H,23,27)(H,24,29)/p+1/t21-/m0/s1. The molecule has 0 aromatic heterocycles. The number of hydrogen-bond donors (Lipinski definition) is 3. The van der Waals surface area contributed by atoms with Crippen LogP contribution in [0.5, 0.6) is 0 Å². The van der Waals surface area contributed by atoms with Gasteiger partial charge in [0.1, 0.15) is 5.54 Å². The number of hydrogen-bond acceptors (Lipinski definition) is 3. The fourth-order valence-electron chi connectivity index (χ4n) is 3.49.